The first-order valence-electron chi connectivity index (χ1n) is 12.9. The number of halogens is 1. The number of nitrogens with two attached hydrogens (primary N) is 1. The number of fused-ring (bicyclic) bond motifs is 3. The minimum atomic E-state index is -0.668. The van der Waals surface area contributed by atoms with E-state index in [9.17, 15) is 9.18 Å². The molecule has 194 valence electrons. The number of benzene rings is 2. The van der Waals surface area contributed by atoms with Crippen LogP contribution in [0, 0.1) is 0 Å². The highest BCUT2D eigenvalue weighted by Crippen LogP contribution is 2.36. The van der Waals surface area contributed by atoms with Crippen LogP contribution in [0.15, 0.2) is 36.4 Å². The molecule has 0 bridgehead atoms. The number of amides is 1. The van der Waals surface area contributed by atoms with Gasteiger partial charge in [-0.3, -0.25) is 4.79 Å². The van der Waals surface area contributed by atoms with Crippen molar-refractivity contribution in [1.82, 2.24) is 19.0 Å². The molecular formula is C28H32FN5O3. The Morgan fingerprint density at radius 1 is 1.30 bits per heavy atom. The van der Waals surface area contributed by atoms with Crippen molar-refractivity contribution in [2.75, 3.05) is 33.5 Å². The second kappa shape index (κ2) is 9.46. The summed E-state index contributed by atoms with van der Waals surface area (Å²) < 4.78 is 29.1. The molecule has 1 amide bonds. The number of aryl methyl sites for hydroxylation is 1. The topological polar surface area (TPSA) is 87.5 Å². The van der Waals surface area contributed by atoms with Crippen LogP contribution in [0.3, 0.4) is 0 Å². The average Bonchev–Trinajstić information content (AvgIpc) is 3.63. The second-order valence-corrected chi connectivity index (χ2v) is 10.1. The SMILES string of the molecule is COc1cccc2cc(-c3nc4cc5c(cc4n3C)CCN(CC(N)CF)C5=O)n(CC3CCCO3)c12. The van der Waals surface area contributed by atoms with Crippen molar-refractivity contribution in [2.24, 2.45) is 12.8 Å². The fourth-order valence-corrected chi connectivity index (χ4v) is 5.77. The van der Waals surface area contributed by atoms with Crippen LogP contribution in [0.5, 0.6) is 5.75 Å². The van der Waals surface area contributed by atoms with Crippen LogP contribution in [0.4, 0.5) is 4.39 Å². The number of hydrogen-bond acceptors (Lipinski definition) is 5. The van der Waals surface area contributed by atoms with E-state index < -0.39 is 12.7 Å². The number of hydrogen-bond donors (Lipinski definition) is 1. The van der Waals surface area contributed by atoms with Gasteiger partial charge >= 0.3 is 0 Å². The van der Waals surface area contributed by atoms with Crippen LogP contribution in [-0.2, 0) is 24.8 Å². The Kier molecular flexibility index (Phi) is 6.12. The van der Waals surface area contributed by atoms with Gasteiger partial charge in [-0.25, -0.2) is 9.37 Å². The summed E-state index contributed by atoms with van der Waals surface area (Å²) in [6.45, 7) is 1.59. The Labute approximate surface area is 214 Å². The lowest BCUT2D eigenvalue weighted by atomic mass is 9.97. The number of nitrogens with zero attached hydrogens (tertiary/aromatic N) is 4. The molecule has 0 aliphatic carbocycles. The minimum absolute atomic E-state index is 0.114. The summed E-state index contributed by atoms with van der Waals surface area (Å²) in [4.78, 5) is 19.9. The van der Waals surface area contributed by atoms with Gasteiger partial charge in [0.1, 0.15) is 12.4 Å². The monoisotopic (exact) mass is 505 g/mol. The van der Waals surface area contributed by atoms with Gasteiger partial charge in [0.15, 0.2) is 5.82 Å². The third kappa shape index (κ3) is 4.06. The molecule has 4 heterocycles. The molecule has 6 rings (SSSR count). The lowest BCUT2D eigenvalue weighted by molar-refractivity contribution is 0.0725. The van der Waals surface area contributed by atoms with Gasteiger partial charge in [-0.1, -0.05) is 12.1 Å². The number of methoxy groups -OCH3 is 1. The van der Waals surface area contributed by atoms with Crippen molar-refractivity contribution in [3.05, 3.63) is 47.5 Å². The summed E-state index contributed by atoms with van der Waals surface area (Å²) in [5.41, 5.74) is 11.1. The van der Waals surface area contributed by atoms with Gasteiger partial charge in [0.25, 0.3) is 5.91 Å². The summed E-state index contributed by atoms with van der Waals surface area (Å²) in [6, 6.07) is 11.5. The first-order valence-corrected chi connectivity index (χ1v) is 12.9. The quantitative estimate of drug-likeness (QED) is 0.414. The molecule has 0 spiro atoms. The van der Waals surface area contributed by atoms with Crippen molar-refractivity contribution in [2.45, 2.75) is 38.0 Å². The maximum absolute atomic E-state index is 13.2. The normalized spacial score (nSPS) is 18.6. The zero-order valence-electron chi connectivity index (χ0n) is 21.2. The Morgan fingerprint density at radius 2 is 2.16 bits per heavy atom. The Balaban J connectivity index is 1.46. The Hall–Kier alpha value is -3.43. The molecule has 2 aliphatic rings. The highest BCUT2D eigenvalue weighted by molar-refractivity contribution is 6.01. The molecule has 2 N–H and O–H groups in total. The van der Waals surface area contributed by atoms with Crippen molar-refractivity contribution in [3.63, 3.8) is 0 Å². The van der Waals surface area contributed by atoms with Gasteiger partial charge in [-0.2, -0.15) is 0 Å². The molecule has 9 heteroatoms. The predicted molar refractivity (Wildman–Crippen MR) is 141 cm³/mol. The summed E-state index contributed by atoms with van der Waals surface area (Å²) in [5, 5.41) is 1.08. The molecule has 1 fully saturated rings. The zero-order chi connectivity index (χ0) is 25.7. The molecule has 1 saturated heterocycles. The van der Waals surface area contributed by atoms with Gasteiger partial charge in [0, 0.05) is 44.2 Å². The third-order valence-corrected chi connectivity index (χ3v) is 7.67. The number of rotatable bonds is 7. The number of carbonyl (C=O) groups is 1. The molecule has 37 heavy (non-hydrogen) atoms. The van der Waals surface area contributed by atoms with E-state index in [0.29, 0.717) is 25.1 Å². The molecule has 2 unspecified atom stereocenters. The number of imidazole rings is 1. The van der Waals surface area contributed by atoms with Crippen LogP contribution < -0.4 is 10.5 Å². The molecule has 8 nitrogen and oxygen atoms in total. The highest BCUT2D eigenvalue weighted by atomic mass is 19.1. The van der Waals surface area contributed by atoms with E-state index in [1.54, 1.807) is 12.0 Å². The van der Waals surface area contributed by atoms with E-state index in [4.69, 9.17) is 20.2 Å². The molecule has 4 aromatic rings. The Morgan fingerprint density at radius 3 is 2.92 bits per heavy atom. The third-order valence-electron chi connectivity index (χ3n) is 7.67. The van der Waals surface area contributed by atoms with Gasteiger partial charge < -0.3 is 29.2 Å². The van der Waals surface area contributed by atoms with Gasteiger partial charge in [0.2, 0.25) is 0 Å². The maximum atomic E-state index is 13.2. The summed E-state index contributed by atoms with van der Waals surface area (Å²) in [7, 11) is 3.71. The molecule has 0 radical (unpaired) electrons. The zero-order valence-corrected chi connectivity index (χ0v) is 21.2. The Bertz CT molecular complexity index is 1490. The summed E-state index contributed by atoms with van der Waals surface area (Å²) >= 11 is 0. The maximum Gasteiger partial charge on any atom is 0.254 e. The molecule has 0 saturated carbocycles. The average molecular weight is 506 g/mol. The number of aromatic nitrogens is 3. The number of carbonyl (C=O) groups excluding carboxylic acids is 1. The standard InChI is InChI=1S/C28H32FN5O3/c1-32-23-11-17-8-9-33(15-19(30)14-29)28(35)21(17)13-22(23)31-27(32)24-12-18-5-3-7-25(36-2)26(18)34(24)16-20-6-4-10-37-20/h3,5,7,11-13,19-20H,4,6,8-10,14-16,30H2,1-2H3. The first kappa shape index (κ1) is 23.9. The van der Waals surface area contributed by atoms with Crippen LogP contribution in [0.1, 0.15) is 28.8 Å². The number of alkyl halides is 1. The molecule has 2 aromatic heterocycles. The van der Waals surface area contributed by atoms with E-state index in [-0.39, 0.29) is 18.6 Å². The highest BCUT2D eigenvalue weighted by Gasteiger charge is 2.28. The lowest BCUT2D eigenvalue weighted by Gasteiger charge is -2.30. The van der Waals surface area contributed by atoms with Crippen molar-refractivity contribution in [1.29, 1.82) is 0 Å². The van der Waals surface area contributed by atoms with Gasteiger partial charge in [-0.05, 0) is 49.1 Å². The number of para-hydroxylation sites is 1. The molecular weight excluding hydrogens is 473 g/mol. The minimum Gasteiger partial charge on any atom is -0.495 e. The smallest absolute Gasteiger partial charge is 0.254 e. The lowest BCUT2D eigenvalue weighted by Crippen LogP contribution is -2.45. The summed E-state index contributed by atoms with van der Waals surface area (Å²) in [6.07, 6.45) is 2.93. The fourth-order valence-electron chi connectivity index (χ4n) is 5.77. The van der Waals surface area contributed by atoms with E-state index in [2.05, 4.69) is 27.3 Å². The van der Waals surface area contributed by atoms with Crippen molar-refractivity contribution >= 4 is 27.8 Å². The van der Waals surface area contributed by atoms with Gasteiger partial charge in [0.05, 0.1) is 41.5 Å². The fraction of sp³-hybridized carbons (Fsp3) is 0.429. The van der Waals surface area contributed by atoms with Crippen molar-refractivity contribution < 1.29 is 18.7 Å². The first-order chi connectivity index (χ1) is 18.0. The second-order valence-electron chi connectivity index (χ2n) is 10.1. The van der Waals surface area contributed by atoms with E-state index in [0.717, 1.165) is 64.2 Å². The van der Waals surface area contributed by atoms with Crippen LogP contribution in [0.2, 0.25) is 0 Å². The molecule has 2 atom stereocenters. The number of ether oxygens (including phenoxy) is 2. The van der Waals surface area contributed by atoms with Crippen LogP contribution in [-0.4, -0.2) is 70.6 Å². The van der Waals surface area contributed by atoms with Crippen molar-refractivity contribution in [3.8, 4) is 17.3 Å². The van der Waals surface area contributed by atoms with E-state index in [1.807, 2.05) is 25.2 Å². The molecule has 2 aromatic carbocycles. The predicted octanol–water partition coefficient (Wildman–Crippen LogP) is 3.68. The van der Waals surface area contributed by atoms with E-state index in [1.165, 1.54) is 0 Å². The summed E-state index contributed by atoms with van der Waals surface area (Å²) in [5.74, 6) is 1.52. The van der Waals surface area contributed by atoms with Crippen LogP contribution >= 0.6 is 0 Å². The molecule has 2 aliphatic heterocycles. The van der Waals surface area contributed by atoms with E-state index >= 15 is 0 Å². The van der Waals surface area contributed by atoms with Gasteiger partial charge in [-0.15, -0.1) is 0 Å². The van der Waals surface area contributed by atoms with Crippen LogP contribution in [0.25, 0.3) is 33.5 Å². The largest absolute Gasteiger partial charge is 0.495 e.